The first-order chi connectivity index (χ1) is 15.9. The van der Waals surface area contributed by atoms with Crippen molar-refractivity contribution in [3.63, 3.8) is 0 Å². The molecule has 0 aliphatic carbocycles. The Hall–Kier alpha value is -2.93. The molecule has 0 spiro atoms. The smallest absolute Gasteiger partial charge is 0.410 e. The lowest BCUT2D eigenvalue weighted by molar-refractivity contribution is -0.151. The molecule has 1 fully saturated rings. The third-order valence-corrected chi connectivity index (χ3v) is 5.34. The first kappa shape index (κ1) is 24.7. The summed E-state index contributed by atoms with van der Waals surface area (Å²) in [4.78, 5) is 14.8. The highest BCUT2D eigenvalue weighted by atomic mass is 16.8. The molecule has 176 valence electrons. The van der Waals surface area contributed by atoms with E-state index >= 15 is 0 Å². The maximum Gasteiger partial charge on any atom is 0.410 e. The molecule has 1 amide bonds. The van der Waals surface area contributed by atoms with E-state index in [-0.39, 0.29) is 19.8 Å². The van der Waals surface area contributed by atoms with E-state index in [1.54, 1.807) is 17.1 Å². The van der Waals surface area contributed by atoms with Crippen molar-refractivity contribution in [1.29, 1.82) is 0 Å². The van der Waals surface area contributed by atoms with E-state index in [0.29, 0.717) is 6.61 Å². The minimum atomic E-state index is -0.811. The molecule has 0 N–H and O–H groups in total. The van der Waals surface area contributed by atoms with Gasteiger partial charge in [0.1, 0.15) is 18.8 Å². The summed E-state index contributed by atoms with van der Waals surface area (Å²) in [6, 6.07) is 19.0. The summed E-state index contributed by atoms with van der Waals surface area (Å²) in [7, 11) is 0. The van der Waals surface area contributed by atoms with Crippen molar-refractivity contribution in [2.24, 2.45) is 0 Å². The minimum Gasteiger partial charge on any atom is -0.445 e. The van der Waals surface area contributed by atoms with Crippen molar-refractivity contribution in [2.45, 2.75) is 51.1 Å². The average molecular weight is 452 g/mol. The highest BCUT2D eigenvalue weighted by Gasteiger charge is 2.46. The zero-order chi connectivity index (χ0) is 23.7. The van der Waals surface area contributed by atoms with Gasteiger partial charge >= 0.3 is 6.09 Å². The molecule has 6 heteroatoms. The summed E-state index contributed by atoms with van der Waals surface area (Å²) in [6.07, 6.45) is 2.02. The van der Waals surface area contributed by atoms with Crippen molar-refractivity contribution < 1.29 is 23.7 Å². The van der Waals surface area contributed by atoms with E-state index in [9.17, 15) is 4.79 Å². The minimum absolute atomic E-state index is 0.170. The summed E-state index contributed by atoms with van der Waals surface area (Å²) in [5, 5.41) is 0. The monoisotopic (exact) mass is 451 g/mol. The Kier molecular flexibility index (Phi) is 8.83. The Labute approximate surface area is 196 Å². The van der Waals surface area contributed by atoms with Crippen LogP contribution in [-0.2, 0) is 32.2 Å². The Balaban J connectivity index is 1.77. The molecule has 2 aromatic carbocycles. The fourth-order valence-corrected chi connectivity index (χ4v) is 3.82. The van der Waals surface area contributed by atoms with Crippen LogP contribution in [0.1, 0.15) is 25.0 Å². The first-order valence-electron chi connectivity index (χ1n) is 11.1. The van der Waals surface area contributed by atoms with E-state index in [4.69, 9.17) is 18.9 Å². The Bertz CT molecular complexity index is 899. The van der Waals surface area contributed by atoms with E-state index in [1.165, 1.54) is 0 Å². The van der Waals surface area contributed by atoms with Gasteiger partial charge in [0.2, 0.25) is 0 Å². The van der Waals surface area contributed by atoms with Gasteiger partial charge in [-0.1, -0.05) is 72.8 Å². The quantitative estimate of drug-likeness (QED) is 0.445. The fraction of sp³-hybridized carbons (Fsp3) is 0.370. The molecule has 1 aliphatic rings. The number of hydrogen-bond donors (Lipinski definition) is 0. The van der Waals surface area contributed by atoms with Gasteiger partial charge in [0, 0.05) is 6.54 Å². The molecule has 1 saturated heterocycles. The highest BCUT2D eigenvalue weighted by molar-refractivity contribution is 5.68. The van der Waals surface area contributed by atoms with Crippen LogP contribution in [0.5, 0.6) is 0 Å². The van der Waals surface area contributed by atoms with Crippen LogP contribution in [0.15, 0.2) is 86.0 Å². The molecule has 1 aliphatic heterocycles. The summed E-state index contributed by atoms with van der Waals surface area (Å²) in [6.45, 7) is 12.5. The highest BCUT2D eigenvalue weighted by Crippen LogP contribution is 2.32. The molecule has 3 rings (SSSR count). The molecule has 0 saturated carbocycles. The summed E-state index contributed by atoms with van der Waals surface area (Å²) in [5.41, 5.74) is 1.95. The second kappa shape index (κ2) is 11.8. The first-order valence-corrected chi connectivity index (χ1v) is 11.1. The van der Waals surface area contributed by atoms with Crippen molar-refractivity contribution in [3.8, 4) is 0 Å². The number of amides is 1. The lowest BCUT2D eigenvalue weighted by Crippen LogP contribution is -2.52. The SMILES string of the molecule is C=CCN(C(=O)OCc1ccccc1)[C@H](COCc1ccccc1)[C@H]1OC(C)(C)O[C@@H]1C=C. The molecule has 0 aromatic heterocycles. The normalized spacial score (nSPS) is 20.1. The van der Waals surface area contributed by atoms with Crippen LogP contribution in [0.2, 0.25) is 0 Å². The van der Waals surface area contributed by atoms with Crippen molar-refractivity contribution in [1.82, 2.24) is 4.90 Å². The Morgan fingerprint density at radius 3 is 2.21 bits per heavy atom. The van der Waals surface area contributed by atoms with Gasteiger partial charge in [-0.15, -0.1) is 13.2 Å². The van der Waals surface area contributed by atoms with Crippen LogP contribution in [0, 0.1) is 0 Å². The maximum atomic E-state index is 13.2. The standard InChI is InChI=1S/C27H33NO5/c1-5-17-28(26(29)31-19-22-15-11-8-12-16-22)23(20-30-18-21-13-9-7-10-14-21)25-24(6-2)32-27(3,4)33-25/h5-16,23-25H,1-2,17-20H2,3-4H3/t23-,24-,25-/m1/s1. The number of nitrogens with zero attached hydrogens (tertiary/aromatic N) is 1. The predicted octanol–water partition coefficient (Wildman–Crippen LogP) is 5.10. The topological polar surface area (TPSA) is 57.2 Å². The van der Waals surface area contributed by atoms with Crippen molar-refractivity contribution >= 4 is 6.09 Å². The van der Waals surface area contributed by atoms with Crippen LogP contribution in [0.3, 0.4) is 0 Å². The van der Waals surface area contributed by atoms with Crippen LogP contribution in [0.4, 0.5) is 4.79 Å². The third kappa shape index (κ3) is 7.02. The van der Waals surface area contributed by atoms with Crippen molar-refractivity contribution in [3.05, 3.63) is 97.1 Å². The second-order valence-electron chi connectivity index (χ2n) is 8.35. The molecule has 0 bridgehead atoms. The van der Waals surface area contributed by atoms with Gasteiger partial charge < -0.3 is 18.9 Å². The van der Waals surface area contributed by atoms with Crippen LogP contribution in [-0.4, -0.2) is 48.2 Å². The molecule has 6 nitrogen and oxygen atoms in total. The van der Waals surface area contributed by atoms with Gasteiger partial charge in [0.05, 0.1) is 19.3 Å². The van der Waals surface area contributed by atoms with E-state index in [1.807, 2.05) is 74.5 Å². The van der Waals surface area contributed by atoms with Gasteiger partial charge in [0.25, 0.3) is 0 Å². The van der Waals surface area contributed by atoms with E-state index < -0.39 is 30.1 Å². The Morgan fingerprint density at radius 1 is 1.03 bits per heavy atom. The molecule has 33 heavy (non-hydrogen) atoms. The lowest BCUT2D eigenvalue weighted by atomic mass is 10.0. The number of hydrogen-bond acceptors (Lipinski definition) is 5. The molecular weight excluding hydrogens is 418 g/mol. The van der Waals surface area contributed by atoms with Gasteiger partial charge in [0.15, 0.2) is 5.79 Å². The molecule has 0 radical (unpaired) electrons. The summed E-state index contributed by atoms with van der Waals surface area (Å²) < 4.78 is 23.9. The second-order valence-corrected chi connectivity index (χ2v) is 8.35. The molecule has 1 heterocycles. The van der Waals surface area contributed by atoms with Gasteiger partial charge in [-0.25, -0.2) is 4.79 Å². The number of carbonyl (C=O) groups is 1. The van der Waals surface area contributed by atoms with Crippen LogP contribution >= 0.6 is 0 Å². The third-order valence-electron chi connectivity index (χ3n) is 5.34. The van der Waals surface area contributed by atoms with Crippen LogP contribution in [0.25, 0.3) is 0 Å². The van der Waals surface area contributed by atoms with Crippen LogP contribution < -0.4 is 0 Å². The fourth-order valence-electron chi connectivity index (χ4n) is 3.82. The number of rotatable bonds is 11. The summed E-state index contributed by atoms with van der Waals surface area (Å²) in [5.74, 6) is -0.811. The van der Waals surface area contributed by atoms with E-state index in [2.05, 4.69) is 13.2 Å². The molecule has 3 atom stereocenters. The maximum absolute atomic E-state index is 13.2. The van der Waals surface area contributed by atoms with Gasteiger partial charge in [-0.3, -0.25) is 4.90 Å². The molecular formula is C27H33NO5. The predicted molar refractivity (Wildman–Crippen MR) is 127 cm³/mol. The van der Waals surface area contributed by atoms with E-state index in [0.717, 1.165) is 11.1 Å². The van der Waals surface area contributed by atoms with Gasteiger partial charge in [-0.05, 0) is 25.0 Å². The number of benzene rings is 2. The lowest BCUT2D eigenvalue weighted by Gasteiger charge is -2.35. The number of ether oxygens (including phenoxy) is 4. The molecule has 2 aromatic rings. The average Bonchev–Trinajstić information content (AvgIpc) is 3.15. The zero-order valence-corrected chi connectivity index (χ0v) is 19.4. The van der Waals surface area contributed by atoms with Gasteiger partial charge in [-0.2, -0.15) is 0 Å². The summed E-state index contributed by atoms with van der Waals surface area (Å²) >= 11 is 0. The number of carbonyl (C=O) groups excluding carboxylic acids is 1. The van der Waals surface area contributed by atoms with Crippen molar-refractivity contribution in [2.75, 3.05) is 13.2 Å². The Morgan fingerprint density at radius 2 is 1.64 bits per heavy atom. The molecule has 0 unspecified atom stereocenters. The zero-order valence-electron chi connectivity index (χ0n) is 19.4. The largest absolute Gasteiger partial charge is 0.445 e.